The zero-order chi connectivity index (χ0) is 18.6. The Morgan fingerprint density at radius 2 is 1.85 bits per heavy atom. The average Bonchev–Trinajstić information content (AvgIpc) is 2.67. The van der Waals surface area contributed by atoms with Gasteiger partial charge in [0, 0.05) is 6.54 Å². The SMILES string of the molecule is O=C(CNS(=O)(=O)c1ccc(F)cc1)N1CCOC(c2ccccc2)C1. The van der Waals surface area contributed by atoms with Gasteiger partial charge < -0.3 is 9.64 Å². The molecule has 138 valence electrons. The molecule has 0 aromatic heterocycles. The van der Waals surface area contributed by atoms with Gasteiger partial charge in [-0.1, -0.05) is 30.3 Å². The topological polar surface area (TPSA) is 75.7 Å². The molecule has 0 radical (unpaired) electrons. The van der Waals surface area contributed by atoms with Crippen LogP contribution in [0.5, 0.6) is 0 Å². The van der Waals surface area contributed by atoms with E-state index >= 15 is 0 Å². The molecular weight excluding hydrogens is 359 g/mol. The molecule has 1 saturated heterocycles. The van der Waals surface area contributed by atoms with E-state index in [1.807, 2.05) is 30.3 Å². The van der Waals surface area contributed by atoms with E-state index in [0.29, 0.717) is 19.7 Å². The van der Waals surface area contributed by atoms with Gasteiger partial charge >= 0.3 is 0 Å². The van der Waals surface area contributed by atoms with E-state index in [-0.39, 0.29) is 23.5 Å². The van der Waals surface area contributed by atoms with Gasteiger partial charge in [0.05, 0.1) is 24.6 Å². The fourth-order valence-corrected chi connectivity index (χ4v) is 3.69. The predicted molar refractivity (Wildman–Crippen MR) is 93.3 cm³/mol. The molecule has 8 heteroatoms. The van der Waals surface area contributed by atoms with Crippen molar-refractivity contribution in [1.29, 1.82) is 0 Å². The van der Waals surface area contributed by atoms with E-state index in [9.17, 15) is 17.6 Å². The maximum absolute atomic E-state index is 12.9. The molecule has 1 unspecified atom stereocenters. The highest BCUT2D eigenvalue weighted by molar-refractivity contribution is 7.89. The molecule has 0 spiro atoms. The molecule has 1 N–H and O–H groups in total. The van der Waals surface area contributed by atoms with Gasteiger partial charge in [-0.15, -0.1) is 0 Å². The second-order valence-corrected chi connectivity index (χ2v) is 7.66. The standard InChI is InChI=1S/C18H19FN2O4S/c19-15-6-8-16(9-7-15)26(23,24)20-12-18(22)21-10-11-25-17(13-21)14-4-2-1-3-5-14/h1-9,17,20H,10-13H2. The van der Waals surface area contributed by atoms with Crippen LogP contribution in [0.2, 0.25) is 0 Å². The number of carbonyl (C=O) groups excluding carboxylic acids is 1. The first kappa shape index (κ1) is 18.5. The molecule has 1 amide bonds. The van der Waals surface area contributed by atoms with E-state index in [1.54, 1.807) is 4.90 Å². The lowest BCUT2D eigenvalue weighted by Crippen LogP contribution is -2.46. The quantitative estimate of drug-likeness (QED) is 0.859. The molecular formula is C18H19FN2O4S. The van der Waals surface area contributed by atoms with Crippen molar-refractivity contribution in [2.75, 3.05) is 26.2 Å². The van der Waals surface area contributed by atoms with Crippen LogP contribution in [0.15, 0.2) is 59.5 Å². The summed E-state index contributed by atoms with van der Waals surface area (Å²) < 4.78 is 45.3. The van der Waals surface area contributed by atoms with Gasteiger partial charge in [0.1, 0.15) is 11.9 Å². The summed E-state index contributed by atoms with van der Waals surface area (Å²) in [5, 5.41) is 0. The second kappa shape index (κ2) is 7.94. The number of nitrogens with zero attached hydrogens (tertiary/aromatic N) is 1. The van der Waals surface area contributed by atoms with E-state index < -0.39 is 15.8 Å². The first-order valence-electron chi connectivity index (χ1n) is 8.15. The zero-order valence-electron chi connectivity index (χ0n) is 14.0. The van der Waals surface area contributed by atoms with Crippen LogP contribution in [0.25, 0.3) is 0 Å². The molecule has 0 saturated carbocycles. The molecule has 26 heavy (non-hydrogen) atoms. The Morgan fingerprint density at radius 3 is 2.54 bits per heavy atom. The third-order valence-electron chi connectivity index (χ3n) is 4.13. The normalized spacial score (nSPS) is 17.9. The number of morpholine rings is 1. The lowest BCUT2D eigenvalue weighted by atomic mass is 10.1. The maximum Gasteiger partial charge on any atom is 0.241 e. The number of rotatable bonds is 5. The summed E-state index contributed by atoms with van der Waals surface area (Å²) in [4.78, 5) is 13.9. The van der Waals surface area contributed by atoms with E-state index in [0.717, 1.165) is 29.8 Å². The van der Waals surface area contributed by atoms with Crippen LogP contribution in [0.4, 0.5) is 4.39 Å². The van der Waals surface area contributed by atoms with Crippen molar-refractivity contribution in [3.63, 3.8) is 0 Å². The molecule has 3 rings (SSSR count). The van der Waals surface area contributed by atoms with E-state index in [1.165, 1.54) is 0 Å². The molecule has 6 nitrogen and oxygen atoms in total. The number of benzene rings is 2. The van der Waals surface area contributed by atoms with Crippen molar-refractivity contribution in [2.24, 2.45) is 0 Å². The van der Waals surface area contributed by atoms with Gasteiger partial charge in [-0.3, -0.25) is 4.79 Å². The van der Waals surface area contributed by atoms with Gasteiger partial charge in [0.2, 0.25) is 15.9 Å². The van der Waals surface area contributed by atoms with Gasteiger partial charge in [-0.25, -0.2) is 17.5 Å². The summed E-state index contributed by atoms with van der Waals surface area (Å²) in [6, 6.07) is 14.0. The Balaban J connectivity index is 1.60. The Bertz CT molecular complexity index is 857. The highest BCUT2D eigenvalue weighted by Gasteiger charge is 2.26. The molecule has 2 aromatic carbocycles. The third-order valence-corrected chi connectivity index (χ3v) is 5.55. The van der Waals surface area contributed by atoms with Crippen molar-refractivity contribution in [1.82, 2.24) is 9.62 Å². The summed E-state index contributed by atoms with van der Waals surface area (Å²) >= 11 is 0. The average molecular weight is 378 g/mol. The first-order valence-corrected chi connectivity index (χ1v) is 9.63. The van der Waals surface area contributed by atoms with Crippen LogP contribution in [0, 0.1) is 5.82 Å². The molecule has 1 fully saturated rings. The number of hydrogen-bond acceptors (Lipinski definition) is 4. The fraction of sp³-hybridized carbons (Fsp3) is 0.278. The number of ether oxygens (including phenoxy) is 1. The smallest absolute Gasteiger partial charge is 0.241 e. The molecule has 0 aliphatic carbocycles. The molecule has 1 atom stereocenters. The molecule has 1 aliphatic rings. The van der Waals surface area contributed by atoms with Crippen LogP contribution in [-0.2, 0) is 19.6 Å². The number of amides is 1. The van der Waals surface area contributed by atoms with E-state index in [4.69, 9.17) is 4.74 Å². The van der Waals surface area contributed by atoms with Crippen molar-refractivity contribution in [3.05, 3.63) is 66.0 Å². The molecule has 0 bridgehead atoms. The van der Waals surface area contributed by atoms with Crippen molar-refractivity contribution in [3.8, 4) is 0 Å². The van der Waals surface area contributed by atoms with Crippen LogP contribution in [0.1, 0.15) is 11.7 Å². The second-order valence-electron chi connectivity index (χ2n) is 5.89. The number of carbonyl (C=O) groups is 1. The summed E-state index contributed by atoms with van der Waals surface area (Å²) in [7, 11) is -3.87. The van der Waals surface area contributed by atoms with E-state index in [2.05, 4.69) is 4.72 Å². The Kier molecular flexibility index (Phi) is 5.65. The highest BCUT2D eigenvalue weighted by Crippen LogP contribution is 2.21. The summed E-state index contributed by atoms with van der Waals surface area (Å²) in [5.74, 6) is -0.861. The lowest BCUT2D eigenvalue weighted by Gasteiger charge is -2.33. The Labute approximate surface area is 151 Å². The number of nitrogens with one attached hydrogen (secondary N) is 1. The summed E-state index contributed by atoms with van der Waals surface area (Å²) in [6.45, 7) is 0.790. The van der Waals surface area contributed by atoms with Gasteiger partial charge in [-0.2, -0.15) is 0 Å². The monoisotopic (exact) mass is 378 g/mol. The number of hydrogen-bond donors (Lipinski definition) is 1. The molecule has 1 aliphatic heterocycles. The number of sulfonamides is 1. The Hall–Kier alpha value is -2.29. The largest absolute Gasteiger partial charge is 0.370 e. The van der Waals surface area contributed by atoms with Gasteiger partial charge in [0.15, 0.2) is 0 Å². The molecule has 2 aromatic rings. The number of halogens is 1. The maximum atomic E-state index is 12.9. The van der Waals surface area contributed by atoms with Crippen molar-refractivity contribution in [2.45, 2.75) is 11.0 Å². The van der Waals surface area contributed by atoms with Crippen LogP contribution in [-0.4, -0.2) is 45.5 Å². The predicted octanol–water partition coefficient (Wildman–Crippen LogP) is 1.70. The Morgan fingerprint density at radius 1 is 1.15 bits per heavy atom. The van der Waals surface area contributed by atoms with Crippen molar-refractivity contribution >= 4 is 15.9 Å². The van der Waals surface area contributed by atoms with Crippen molar-refractivity contribution < 1.29 is 22.3 Å². The summed E-state index contributed by atoms with van der Waals surface area (Å²) in [6.07, 6.45) is -0.234. The van der Waals surface area contributed by atoms with Crippen LogP contribution in [0.3, 0.4) is 0 Å². The van der Waals surface area contributed by atoms with Gasteiger partial charge in [0.25, 0.3) is 0 Å². The third kappa shape index (κ3) is 4.46. The minimum atomic E-state index is -3.87. The van der Waals surface area contributed by atoms with Gasteiger partial charge in [-0.05, 0) is 29.8 Å². The minimum absolute atomic E-state index is 0.0872. The van der Waals surface area contributed by atoms with Crippen LogP contribution < -0.4 is 4.72 Å². The lowest BCUT2D eigenvalue weighted by molar-refractivity contribution is -0.137. The highest BCUT2D eigenvalue weighted by atomic mass is 32.2. The summed E-state index contributed by atoms with van der Waals surface area (Å²) in [5.41, 5.74) is 0.969. The fourth-order valence-electron chi connectivity index (χ4n) is 2.71. The molecule has 1 heterocycles. The van der Waals surface area contributed by atoms with Crippen LogP contribution >= 0.6 is 0 Å². The zero-order valence-corrected chi connectivity index (χ0v) is 14.8. The first-order chi connectivity index (χ1) is 12.5. The minimum Gasteiger partial charge on any atom is -0.370 e.